The lowest BCUT2D eigenvalue weighted by atomic mass is 9.99. The highest BCUT2D eigenvalue weighted by molar-refractivity contribution is 5.30. The molecular weight excluding hydrogens is 250 g/mol. The quantitative estimate of drug-likeness (QED) is 0.909. The van der Waals surface area contributed by atoms with Crippen molar-refractivity contribution in [3.8, 4) is 0 Å². The molecule has 0 saturated carbocycles. The second-order valence-corrected chi connectivity index (χ2v) is 5.60. The van der Waals surface area contributed by atoms with Crippen molar-refractivity contribution in [2.45, 2.75) is 52.5 Å². The zero-order valence-corrected chi connectivity index (χ0v) is 12.7. The van der Waals surface area contributed by atoms with Crippen LogP contribution in [0.25, 0.3) is 0 Å². The Kier molecular flexibility index (Phi) is 4.55. The van der Waals surface area contributed by atoms with Crippen molar-refractivity contribution < 1.29 is 4.52 Å². The topological polar surface area (TPSA) is 64.9 Å². The summed E-state index contributed by atoms with van der Waals surface area (Å²) in [6.07, 6.45) is 1.60. The minimum Gasteiger partial charge on any atom is -0.339 e. The lowest BCUT2D eigenvalue weighted by molar-refractivity contribution is 0.331. The van der Waals surface area contributed by atoms with E-state index in [9.17, 15) is 0 Å². The van der Waals surface area contributed by atoms with E-state index < -0.39 is 0 Å². The first-order valence-electron chi connectivity index (χ1n) is 7.14. The van der Waals surface area contributed by atoms with E-state index in [0.717, 1.165) is 12.2 Å². The first-order valence-corrected chi connectivity index (χ1v) is 7.14. The van der Waals surface area contributed by atoms with Gasteiger partial charge in [-0.3, -0.25) is 0 Å². The number of aryl methyl sites for hydroxylation is 2. The fourth-order valence-electron chi connectivity index (χ4n) is 2.61. The second-order valence-electron chi connectivity index (χ2n) is 5.60. The standard InChI is InChI=1S/C16H23N3O/c1-5-14(12(4)17)16-18-15(19-20-16)9-13-7-10(2)6-11(3)8-13/h6-8,12,14H,5,9,17H2,1-4H3. The van der Waals surface area contributed by atoms with E-state index in [-0.39, 0.29) is 12.0 Å². The molecular formula is C16H23N3O. The Morgan fingerprint density at radius 3 is 2.40 bits per heavy atom. The van der Waals surface area contributed by atoms with Gasteiger partial charge in [0.05, 0.1) is 5.92 Å². The smallest absolute Gasteiger partial charge is 0.231 e. The minimum atomic E-state index is 0.0227. The van der Waals surface area contributed by atoms with Crippen LogP contribution in [0.2, 0.25) is 0 Å². The van der Waals surface area contributed by atoms with Crippen molar-refractivity contribution in [1.29, 1.82) is 0 Å². The average molecular weight is 273 g/mol. The van der Waals surface area contributed by atoms with Crippen LogP contribution >= 0.6 is 0 Å². The van der Waals surface area contributed by atoms with Gasteiger partial charge >= 0.3 is 0 Å². The van der Waals surface area contributed by atoms with Gasteiger partial charge in [0.25, 0.3) is 0 Å². The van der Waals surface area contributed by atoms with E-state index in [1.807, 2.05) is 6.92 Å². The fraction of sp³-hybridized carbons (Fsp3) is 0.500. The van der Waals surface area contributed by atoms with Gasteiger partial charge in [-0.15, -0.1) is 0 Å². The summed E-state index contributed by atoms with van der Waals surface area (Å²) in [5.41, 5.74) is 9.68. The molecule has 0 aliphatic rings. The molecule has 0 aliphatic heterocycles. The molecule has 4 heteroatoms. The number of hydrogen-bond donors (Lipinski definition) is 1. The van der Waals surface area contributed by atoms with Crippen molar-refractivity contribution in [2.75, 3.05) is 0 Å². The summed E-state index contributed by atoms with van der Waals surface area (Å²) in [5, 5.41) is 4.08. The van der Waals surface area contributed by atoms with Crippen molar-refractivity contribution in [2.24, 2.45) is 5.73 Å². The highest BCUT2D eigenvalue weighted by Gasteiger charge is 2.21. The fourth-order valence-corrected chi connectivity index (χ4v) is 2.61. The highest BCUT2D eigenvalue weighted by atomic mass is 16.5. The summed E-state index contributed by atoms with van der Waals surface area (Å²) in [7, 11) is 0. The molecule has 2 aromatic rings. The van der Waals surface area contributed by atoms with Gasteiger partial charge in [0.15, 0.2) is 5.82 Å². The molecule has 1 heterocycles. The van der Waals surface area contributed by atoms with E-state index in [1.165, 1.54) is 16.7 Å². The van der Waals surface area contributed by atoms with Crippen molar-refractivity contribution >= 4 is 0 Å². The van der Waals surface area contributed by atoms with Crippen LogP contribution in [0.15, 0.2) is 22.7 Å². The molecule has 1 aromatic heterocycles. The zero-order chi connectivity index (χ0) is 14.7. The van der Waals surface area contributed by atoms with Crippen molar-refractivity contribution in [3.05, 3.63) is 46.6 Å². The Morgan fingerprint density at radius 1 is 1.20 bits per heavy atom. The van der Waals surface area contributed by atoms with Crippen LogP contribution in [-0.2, 0) is 6.42 Å². The van der Waals surface area contributed by atoms with E-state index in [1.54, 1.807) is 0 Å². The second kappa shape index (κ2) is 6.18. The average Bonchev–Trinajstić information content (AvgIpc) is 2.76. The monoisotopic (exact) mass is 273 g/mol. The number of nitrogens with two attached hydrogens (primary N) is 1. The Morgan fingerprint density at radius 2 is 1.85 bits per heavy atom. The first-order chi connectivity index (χ1) is 9.49. The van der Waals surface area contributed by atoms with Crippen LogP contribution in [0.3, 0.4) is 0 Å². The first kappa shape index (κ1) is 14.7. The summed E-state index contributed by atoms with van der Waals surface area (Å²) in [6, 6.07) is 6.50. The number of nitrogens with zero attached hydrogens (tertiary/aromatic N) is 2. The van der Waals surface area contributed by atoms with E-state index in [2.05, 4.69) is 49.1 Å². The van der Waals surface area contributed by atoms with Gasteiger partial charge in [0, 0.05) is 12.5 Å². The van der Waals surface area contributed by atoms with Crippen molar-refractivity contribution in [1.82, 2.24) is 10.1 Å². The van der Waals surface area contributed by atoms with Gasteiger partial charge in [-0.1, -0.05) is 41.4 Å². The third-order valence-corrected chi connectivity index (χ3v) is 3.52. The summed E-state index contributed by atoms with van der Waals surface area (Å²) >= 11 is 0. The number of rotatable bonds is 5. The Hall–Kier alpha value is -1.68. The Labute approximate surface area is 120 Å². The van der Waals surface area contributed by atoms with Crippen LogP contribution in [0.5, 0.6) is 0 Å². The highest BCUT2D eigenvalue weighted by Crippen LogP contribution is 2.21. The molecule has 0 radical (unpaired) electrons. The molecule has 108 valence electrons. The van der Waals surface area contributed by atoms with Crippen LogP contribution in [-0.4, -0.2) is 16.2 Å². The molecule has 4 nitrogen and oxygen atoms in total. The van der Waals surface area contributed by atoms with E-state index in [4.69, 9.17) is 10.3 Å². The molecule has 0 amide bonds. The van der Waals surface area contributed by atoms with Gasteiger partial charge in [0.1, 0.15) is 0 Å². The minimum absolute atomic E-state index is 0.0227. The van der Waals surface area contributed by atoms with Gasteiger partial charge < -0.3 is 10.3 Å². The van der Waals surface area contributed by atoms with E-state index in [0.29, 0.717) is 12.3 Å². The third kappa shape index (κ3) is 3.45. The molecule has 0 spiro atoms. The molecule has 2 atom stereocenters. The zero-order valence-electron chi connectivity index (χ0n) is 12.7. The summed E-state index contributed by atoms with van der Waals surface area (Å²) < 4.78 is 5.37. The van der Waals surface area contributed by atoms with Gasteiger partial charge in [0.2, 0.25) is 5.89 Å². The van der Waals surface area contributed by atoms with Gasteiger partial charge in [-0.05, 0) is 32.8 Å². The summed E-state index contributed by atoms with van der Waals surface area (Å²) in [5.74, 6) is 1.52. The molecule has 20 heavy (non-hydrogen) atoms. The van der Waals surface area contributed by atoms with Crippen molar-refractivity contribution in [3.63, 3.8) is 0 Å². The lowest BCUT2D eigenvalue weighted by Crippen LogP contribution is -2.24. The maximum atomic E-state index is 5.95. The predicted molar refractivity (Wildman–Crippen MR) is 79.7 cm³/mol. The number of hydrogen-bond acceptors (Lipinski definition) is 4. The molecule has 1 aromatic carbocycles. The molecule has 2 rings (SSSR count). The molecule has 0 fully saturated rings. The normalized spacial score (nSPS) is 14.2. The Bertz CT molecular complexity index is 555. The number of aromatic nitrogens is 2. The van der Waals surface area contributed by atoms with Gasteiger partial charge in [-0.2, -0.15) is 4.98 Å². The largest absolute Gasteiger partial charge is 0.339 e. The maximum absolute atomic E-state index is 5.95. The predicted octanol–water partition coefficient (Wildman–Crippen LogP) is 3.12. The van der Waals surface area contributed by atoms with Crippen LogP contribution in [0.1, 0.15) is 54.6 Å². The van der Waals surface area contributed by atoms with Crippen LogP contribution < -0.4 is 5.73 Å². The molecule has 0 aliphatic carbocycles. The van der Waals surface area contributed by atoms with Crippen LogP contribution in [0.4, 0.5) is 0 Å². The molecule has 0 saturated heterocycles. The summed E-state index contributed by atoms with van der Waals surface area (Å²) in [4.78, 5) is 4.50. The lowest BCUT2D eigenvalue weighted by Gasteiger charge is -2.13. The Balaban J connectivity index is 2.17. The third-order valence-electron chi connectivity index (χ3n) is 3.52. The SMILES string of the molecule is CCC(c1nc(Cc2cc(C)cc(C)c2)no1)C(C)N. The van der Waals surface area contributed by atoms with Crippen LogP contribution in [0, 0.1) is 13.8 Å². The molecule has 2 unspecified atom stereocenters. The maximum Gasteiger partial charge on any atom is 0.231 e. The van der Waals surface area contributed by atoms with Gasteiger partial charge in [-0.25, -0.2) is 0 Å². The molecule has 2 N–H and O–H groups in total. The van der Waals surface area contributed by atoms with E-state index >= 15 is 0 Å². The summed E-state index contributed by atoms with van der Waals surface area (Å²) in [6.45, 7) is 8.26. The molecule has 0 bridgehead atoms. The number of benzene rings is 1.